The van der Waals surface area contributed by atoms with Gasteiger partial charge in [-0.3, -0.25) is 14.9 Å². The Bertz CT molecular complexity index is 987. The number of nitrogens with zero attached hydrogens (tertiary/aromatic N) is 1. The summed E-state index contributed by atoms with van der Waals surface area (Å²) in [6.45, 7) is 2.50. The van der Waals surface area contributed by atoms with Gasteiger partial charge in [-0.05, 0) is 29.8 Å². The molecule has 0 radical (unpaired) electrons. The third-order valence-corrected chi connectivity index (χ3v) is 4.79. The highest BCUT2D eigenvalue weighted by atomic mass is 16.6. The molecule has 6 nitrogen and oxygen atoms in total. The van der Waals surface area contributed by atoms with Crippen molar-refractivity contribution in [2.75, 3.05) is 12.4 Å². The normalized spacial score (nSPS) is 13.1. The fraction of sp³-hybridized carbons (Fsp3) is 0.190. The molecule has 2 N–H and O–H groups in total. The molecule has 0 heterocycles. The molecular formula is C21H22N3O3+. The van der Waals surface area contributed by atoms with Gasteiger partial charge in [0.15, 0.2) is 6.04 Å². The molecule has 2 atom stereocenters. The third-order valence-electron chi connectivity index (χ3n) is 4.79. The first-order valence-corrected chi connectivity index (χ1v) is 8.80. The van der Waals surface area contributed by atoms with E-state index in [1.165, 1.54) is 16.8 Å². The van der Waals surface area contributed by atoms with Gasteiger partial charge in [0.25, 0.3) is 11.6 Å². The first-order chi connectivity index (χ1) is 13.0. The molecule has 0 aliphatic carbocycles. The van der Waals surface area contributed by atoms with Gasteiger partial charge in [-0.25, -0.2) is 0 Å². The van der Waals surface area contributed by atoms with Crippen molar-refractivity contribution in [3.05, 3.63) is 82.4 Å². The van der Waals surface area contributed by atoms with Crippen LogP contribution < -0.4 is 10.2 Å². The lowest BCUT2D eigenvalue weighted by atomic mass is 10.1. The van der Waals surface area contributed by atoms with E-state index in [-0.39, 0.29) is 23.3 Å². The Labute approximate surface area is 157 Å². The lowest BCUT2D eigenvalue weighted by molar-refractivity contribution is -0.907. The molecule has 3 rings (SSSR count). The number of carbonyl (C=O) groups is 1. The van der Waals surface area contributed by atoms with E-state index in [0.717, 1.165) is 10.5 Å². The van der Waals surface area contributed by atoms with Crippen LogP contribution in [0.5, 0.6) is 0 Å². The maximum atomic E-state index is 12.6. The van der Waals surface area contributed by atoms with E-state index >= 15 is 0 Å². The van der Waals surface area contributed by atoms with Crippen LogP contribution in [0.1, 0.15) is 12.5 Å². The highest BCUT2D eigenvalue weighted by Crippen LogP contribution is 2.23. The second-order valence-electron chi connectivity index (χ2n) is 6.69. The largest absolute Gasteiger partial charge is 0.324 e. The van der Waals surface area contributed by atoms with E-state index in [0.29, 0.717) is 6.54 Å². The van der Waals surface area contributed by atoms with E-state index in [2.05, 4.69) is 35.6 Å². The average molecular weight is 364 g/mol. The number of fused-ring (bicyclic) bond motifs is 1. The van der Waals surface area contributed by atoms with Crippen molar-refractivity contribution in [1.82, 2.24) is 0 Å². The molecule has 3 aromatic carbocycles. The lowest BCUT2D eigenvalue weighted by Crippen LogP contribution is -3.12. The second kappa shape index (κ2) is 7.97. The van der Waals surface area contributed by atoms with Crippen LogP contribution in [0.2, 0.25) is 0 Å². The van der Waals surface area contributed by atoms with Crippen molar-refractivity contribution < 1.29 is 14.6 Å². The number of hydrogen-bond donors (Lipinski definition) is 2. The number of amides is 1. The van der Waals surface area contributed by atoms with Gasteiger partial charge in [0.2, 0.25) is 0 Å². The highest BCUT2D eigenvalue weighted by molar-refractivity contribution is 5.95. The van der Waals surface area contributed by atoms with Crippen molar-refractivity contribution in [2.24, 2.45) is 0 Å². The molecule has 0 spiro atoms. The van der Waals surface area contributed by atoms with E-state index in [9.17, 15) is 14.9 Å². The van der Waals surface area contributed by atoms with Crippen LogP contribution in [0.3, 0.4) is 0 Å². The molecule has 138 valence electrons. The monoisotopic (exact) mass is 364 g/mol. The molecule has 0 aromatic heterocycles. The molecule has 0 aliphatic heterocycles. The van der Waals surface area contributed by atoms with Gasteiger partial charge in [-0.2, -0.15) is 0 Å². The third kappa shape index (κ3) is 4.30. The van der Waals surface area contributed by atoms with E-state index in [1.807, 2.05) is 26.1 Å². The molecule has 0 saturated heterocycles. The number of para-hydroxylation sites is 2. The zero-order valence-electron chi connectivity index (χ0n) is 15.3. The summed E-state index contributed by atoms with van der Waals surface area (Å²) < 4.78 is 0. The van der Waals surface area contributed by atoms with Gasteiger partial charge in [0.05, 0.1) is 12.0 Å². The minimum atomic E-state index is -0.494. The molecule has 3 aromatic rings. The Morgan fingerprint density at radius 3 is 2.48 bits per heavy atom. The number of nitro groups is 1. The minimum Gasteiger partial charge on any atom is -0.324 e. The zero-order valence-corrected chi connectivity index (χ0v) is 15.3. The SMILES string of the molecule is C[C@@H](C(=O)Nc1ccccc1[N+](=O)[O-])[NH+](C)Cc1ccc2ccccc2c1. The number of rotatable bonds is 6. The molecule has 6 heteroatoms. The standard InChI is InChI=1S/C21H21N3O3/c1-15(21(25)22-19-9-5-6-10-20(19)24(26)27)23(2)14-16-11-12-17-7-3-4-8-18(17)13-16/h3-13,15H,14H2,1-2H3,(H,22,25)/p+1/t15-/m0/s1. The summed E-state index contributed by atoms with van der Waals surface area (Å²) >= 11 is 0. The van der Waals surface area contributed by atoms with E-state index < -0.39 is 4.92 Å². The summed E-state index contributed by atoms with van der Waals surface area (Å²) in [6.07, 6.45) is 0. The molecule has 0 aliphatic rings. The van der Waals surface area contributed by atoms with Crippen LogP contribution in [0.4, 0.5) is 11.4 Å². The fourth-order valence-electron chi connectivity index (χ4n) is 3.03. The first-order valence-electron chi connectivity index (χ1n) is 8.80. The van der Waals surface area contributed by atoms with Gasteiger partial charge in [-0.15, -0.1) is 0 Å². The number of benzene rings is 3. The predicted octanol–water partition coefficient (Wildman–Crippen LogP) is 2.79. The molecule has 0 fully saturated rings. The first kappa shape index (κ1) is 18.5. The average Bonchev–Trinajstić information content (AvgIpc) is 2.67. The molecule has 0 saturated carbocycles. The smallest absolute Gasteiger partial charge is 0.292 e. The number of likely N-dealkylation sites (N-methyl/N-ethyl adjacent to an activating group) is 1. The Morgan fingerprint density at radius 2 is 1.74 bits per heavy atom. The highest BCUT2D eigenvalue weighted by Gasteiger charge is 2.24. The molecule has 1 amide bonds. The quantitative estimate of drug-likeness (QED) is 0.522. The van der Waals surface area contributed by atoms with Gasteiger partial charge in [0.1, 0.15) is 12.2 Å². The summed E-state index contributed by atoms with van der Waals surface area (Å²) in [5, 5.41) is 16.1. The number of nitro benzene ring substituents is 1. The topological polar surface area (TPSA) is 76.7 Å². The molecule has 0 bridgehead atoms. The Morgan fingerprint density at radius 1 is 1.07 bits per heavy atom. The Hall–Kier alpha value is -3.25. The van der Waals surface area contributed by atoms with E-state index in [4.69, 9.17) is 0 Å². The summed E-state index contributed by atoms with van der Waals surface area (Å²) in [5.41, 5.74) is 1.25. The number of quaternary nitrogens is 1. The molecule has 1 unspecified atom stereocenters. The van der Waals surface area contributed by atoms with Crippen LogP contribution >= 0.6 is 0 Å². The van der Waals surface area contributed by atoms with Gasteiger partial charge >= 0.3 is 0 Å². The number of anilines is 1. The molecular weight excluding hydrogens is 342 g/mol. The number of carbonyl (C=O) groups excluding carboxylic acids is 1. The van der Waals surface area contributed by atoms with Gasteiger partial charge in [0, 0.05) is 11.6 Å². The number of hydrogen-bond acceptors (Lipinski definition) is 3. The summed E-state index contributed by atoms with van der Waals surface area (Å²) in [5.74, 6) is -0.248. The fourth-order valence-corrected chi connectivity index (χ4v) is 3.03. The number of nitrogens with one attached hydrogen (secondary N) is 2. The second-order valence-corrected chi connectivity index (χ2v) is 6.69. The van der Waals surface area contributed by atoms with Gasteiger partial charge in [-0.1, -0.05) is 48.5 Å². The summed E-state index contributed by atoms with van der Waals surface area (Å²) in [7, 11) is 1.94. The van der Waals surface area contributed by atoms with Gasteiger partial charge < -0.3 is 10.2 Å². The van der Waals surface area contributed by atoms with Crippen molar-refractivity contribution in [3.63, 3.8) is 0 Å². The van der Waals surface area contributed by atoms with Crippen molar-refractivity contribution in [2.45, 2.75) is 19.5 Å². The van der Waals surface area contributed by atoms with Crippen molar-refractivity contribution >= 4 is 28.1 Å². The van der Waals surface area contributed by atoms with E-state index in [1.54, 1.807) is 18.2 Å². The summed E-state index contributed by atoms with van der Waals surface area (Å²) in [6, 6.07) is 20.2. The van der Waals surface area contributed by atoms with Crippen LogP contribution in [-0.2, 0) is 11.3 Å². The maximum absolute atomic E-state index is 12.6. The lowest BCUT2D eigenvalue weighted by Gasteiger charge is -2.21. The maximum Gasteiger partial charge on any atom is 0.292 e. The summed E-state index contributed by atoms with van der Waals surface area (Å²) in [4.78, 5) is 24.2. The van der Waals surface area contributed by atoms with Crippen LogP contribution in [-0.4, -0.2) is 23.9 Å². The van der Waals surface area contributed by atoms with Crippen molar-refractivity contribution in [1.29, 1.82) is 0 Å². The Kier molecular flexibility index (Phi) is 5.47. The predicted molar refractivity (Wildman–Crippen MR) is 106 cm³/mol. The van der Waals surface area contributed by atoms with Crippen LogP contribution in [0.15, 0.2) is 66.7 Å². The minimum absolute atomic E-state index is 0.106. The Balaban J connectivity index is 1.69. The van der Waals surface area contributed by atoms with Crippen molar-refractivity contribution in [3.8, 4) is 0 Å². The van der Waals surface area contributed by atoms with Crippen LogP contribution in [0, 0.1) is 10.1 Å². The zero-order chi connectivity index (χ0) is 19.4. The molecule has 27 heavy (non-hydrogen) atoms. The van der Waals surface area contributed by atoms with Crippen LogP contribution in [0.25, 0.3) is 10.8 Å².